The van der Waals surface area contributed by atoms with Crippen molar-refractivity contribution in [2.75, 3.05) is 0 Å². The van der Waals surface area contributed by atoms with Crippen LogP contribution in [0.1, 0.15) is 26.4 Å². The van der Waals surface area contributed by atoms with Gasteiger partial charge in [-0.25, -0.2) is 0 Å². The lowest BCUT2D eigenvalue weighted by atomic mass is 9.98. The van der Waals surface area contributed by atoms with Crippen LogP contribution in [0.3, 0.4) is 0 Å². The Morgan fingerprint density at radius 1 is 1.00 bits per heavy atom. The Labute approximate surface area is 135 Å². The van der Waals surface area contributed by atoms with Gasteiger partial charge in [0.1, 0.15) is 0 Å². The zero-order chi connectivity index (χ0) is 13.7. The van der Waals surface area contributed by atoms with Crippen molar-refractivity contribution < 1.29 is 0 Å². The maximum atomic E-state index is 6.07. The van der Waals surface area contributed by atoms with E-state index in [-0.39, 0.29) is 4.83 Å². The van der Waals surface area contributed by atoms with E-state index in [1.165, 1.54) is 45.2 Å². The molecule has 0 radical (unpaired) electrons. The molecule has 1 aliphatic rings. The van der Waals surface area contributed by atoms with Crippen molar-refractivity contribution in [3.05, 3.63) is 68.4 Å². The van der Waals surface area contributed by atoms with Crippen LogP contribution in [-0.2, 0) is 12.8 Å². The van der Waals surface area contributed by atoms with Gasteiger partial charge in [0.25, 0.3) is 0 Å². The van der Waals surface area contributed by atoms with Crippen molar-refractivity contribution in [3.8, 4) is 0 Å². The summed E-state index contributed by atoms with van der Waals surface area (Å²) in [7, 11) is 0. The first-order chi connectivity index (χ1) is 9.74. The smallest absolute Gasteiger partial charge is 0.0931 e. The molecule has 0 saturated heterocycles. The number of aryl methyl sites for hydroxylation is 2. The third-order valence-electron chi connectivity index (χ3n) is 4.03. The van der Waals surface area contributed by atoms with Gasteiger partial charge in [-0.15, -0.1) is 11.3 Å². The maximum Gasteiger partial charge on any atom is 0.0931 e. The largest absolute Gasteiger partial charge is 0.127 e. The molecule has 0 nitrogen and oxygen atoms in total. The minimum Gasteiger partial charge on any atom is -0.127 e. The molecule has 3 aromatic rings. The Morgan fingerprint density at radius 2 is 1.80 bits per heavy atom. The number of halogens is 2. The van der Waals surface area contributed by atoms with Gasteiger partial charge in [0, 0.05) is 4.88 Å². The highest BCUT2D eigenvalue weighted by molar-refractivity contribution is 9.09. The van der Waals surface area contributed by atoms with Crippen molar-refractivity contribution in [2.24, 2.45) is 0 Å². The second kappa shape index (κ2) is 4.87. The van der Waals surface area contributed by atoms with Gasteiger partial charge in [0.05, 0.1) is 9.16 Å². The van der Waals surface area contributed by atoms with Gasteiger partial charge in [0.2, 0.25) is 0 Å². The topological polar surface area (TPSA) is 0 Å². The third kappa shape index (κ3) is 1.93. The number of hydrogen-bond donors (Lipinski definition) is 0. The second-order valence-corrected chi connectivity index (χ2v) is 7.82. The minimum atomic E-state index is 0.213. The summed E-state index contributed by atoms with van der Waals surface area (Å²) >= 11 is 11.6. The number of rotatable bonds is 2. The van der Waals surface area contributed by atoms with E-state index in [1.54, 1.807) is 11.3 Å². The quantitative estimate of drug-likeness (QED) is 0.480. The Morgan fingerprint density at radius 3 is 2.55 bits per heavy atom. The van der Waals surface area contributed by atoms with E-state index in [4.69, 9.17) is 11.6 Å². The molecule has 20 heavy (non-hydrogen) atoms. The maximum absolute atomic E-state index is 6.07. The van der Waals surface area contributed by atoms with E-state index in [2.05, 4.69) is 52.3 Å². The van der Waals surface area contributed by atoms with Crippen LogP contribution in [0.5, 0.6) is 0 Å². The highest BCUT2D eigenvalue weighted by atomic mass is 79.9. The first-order valence-electron chi connectivity index (χ1n) is 6.67. The van der Waals surface area contributed by atoms with E-state index in [0.717, 1.165) is 4.34 Å². The van der Waals surface area contributed by atoms with E-state index >= 15 is 0 Å². The van der Waals surface area contributed by atoms with Gasteiger partial charge < -0.3 is 0 Å². The van der Waals surface area contributed by atoms with Gasteiger partial charge in [-0.3, -0.25) is 0 Å². The fourth-order valence-corrected chi connectivity index (χ4v) is 5.00. The molecule has 0 N–H and O–H groups in total. The van der Waals surface area contributed by atoms with Crippen LogP contribution in [0.15, 0.2) is 42.5 Å². The molecule has 1 unspecified atom stereocenters. The van der Waals surface area contributed by atoms with Crippen molar-refractivity contribution >= 4 is 49.6 Å². The lowest BCUT2D eigenvalue weighted by Gasteiger charge is -2.13. The number of thiophene rings is 1. The summed E-state index contributed by atoms with van der Waals surface area (Å²) in [5.41, 5.74) is 4.32. The molecule has 0 aliphatic heterocycles. The van der Waals surface area contributed by atoms with E-state index in [9.17, 15) is 0 Å². The van der Waals surface area contributed by atoms with Crippen LogP contribution in [0, 0.1) is 0 Å². The molecule has 0 saturated carbocycles. The predicted octanol–water partition coefficient (Wildman–Crippen LogP) is 6.14. The predicted molar refractivity (Wildman–Crippen MR) is 91.5 cm³/mol. The molecule has 1 aliphatic carbocycles. The molecular formula is C17H12BrClS. The van der Waals surface area contributed by atoms with Crippen molar-refractivity contribution in [3.63, 3.8) is 0 Å². The van der Waals surface area contributed by atoms with E-state index in [1.807, 2.05) is 6.07 Å². The van der Waals surface area contributed by atoms with Crippen LogP contribution in [0.2, 0.25) is 4.34 Å². The number of alkyl halides is 1. The molecule has 2 aromatic carbocycles. The number of benzene rings is 2. The molecule has 1 atom stereocenters. The normalized spacial score (nSPS) is 14.9. The zero-order valence-corrected chi connectivity index (χ0v) is 13.9. The molecule has 100 valence electrons. The van der Waals surface area contributed by atoms with Crippen LogP contribution < -0.4 is 0 Å². The van der Waals surface area contributed by atoms with Gasteiger partial charge in [-0.1, -0.05) is 57.9 Å². The highest BCUT2D eigenvalue weighted by Gasteiger charge is 2.20. The van der Waals surface area contributed by atoms with Crippen molar-refractivity contribution in [2.45, 2.75) is 17.7 Å². The summed E-state index contributed by atoms with van der Waals surface area (Å²) in [6.07, 6.45) is 2.35. The summed E-state index contributed by atoms with van der Waals surface area (Å²) in [5, 5.41) is 2.85. The fraction of sp³-hybridized carbons (Fsp3) is 0.176. The molecule has 0 bridgehead atoms. The van der Waals surface area contributed by atoms with Crippen LogP contribution in [0.25, 0.3) is 10.8 Å². The molecule has 1 aromatic heterocycles. The van der Waals surface area contributed by atoms with Crippen LogP contribution in [0.4, 0.5) is 0 Å². The summed E-state index contributed by atoms with van der Waals surface area (Å²) in [6.45, 7) is 0. The lowest BCUT2D eigenvalue weighted by Crippen LogP contribution is -1.93. The highest BCUT2D eigenvalue weighted by Crippen LogP contribution is 2.42. The average Bonchev–Trinajstić information content (AvgIpc) is 3.07. The molecular weight excluding hydrogens is 352 g/mol. The lowest BCUT2D eigenvalue weighted by molar-refractivity contribution is 1.02. The van der Waals surface area contributed by atoms with Gasteiger partial charge in [-0.2, -0.15) is 0 Å². The molecule has 0 amide bonds. The average molecular weight is 364 g/mol. The first kappa shape index (κ1) is 12.9. The first-order valence-corrected chi connectivity index (χ1v) is 8.78. The molecule has 0 fully saturated rings. The van der Waals surface area contributed by atoms with Gasteiger partial charge >= 0.3 is 0 Å². The van der Waals surface area contributed by atoms with E-state index in [0.29, 0.717) is 0 Å². The Kier molecular flexibility index (Phi) is 3.13. The SMILES string of the molecule is Clc1ccc(C(Br)c2ccc3c4c(cccc24)CC3)s1. The van der Waals surface area contributed by atoms with Crippen LogP contribution in [-0.4, -0.2) is 0 Å². The minimum absolute atomic E-state index is 0.213. The second-order valence-electron chi connectivity index (χ2n) is 5.16. The Hall–Kier alpha value is -0.830. The van der Waals surface area contributed by atoms with Crippen molar-refractivity contribution in [1.29, 1.82) is 0 Å². The summed E-state index contributed by atoms with van der Waals surface area (Å²) in [6, 6.07) is 15.3. The van der Waals surface area contributed by atoms with Crippen LogP contribution >= 0.6 is 38.9 Å². The fourth-order valence-electron chi connectivity index (χ4n) is 3.11. The standard InChI is InChI=1S/C17H12BrClS/c18-17(14-8-9-15(19)20-14)13-7-6-11-5-4-10-2-1-3-12(13)16(10)11/h1-3,6-9,17H,4-5H2. The third-order valence-corrected chi connectivity index (χ3v) is 6.61. The van der Waals surface area contributed by atoms with Gasteiger partial charge in [0.15, 0.2) is 0 Å². The molecule has 0 spiro atoms. The summed E-state index contributed by atoms with van der Waals surface area (Å²) in [4.78, 5) is 1.47. The number of hydrogen-bond acceptors (Lipinski definition) is 1. The monoisotopic (exact) mass is 362 g/mol. The summed E-state index contributed by atoms with van der Waals surface area (Å²) in [5.74, 6) is 0. The zero-order valence-electron chi connectivity index (χ0n) is 10.7. The molecule has 3 heteroatoms. The Bertz CT molecular complexity index is 796. The van der Waals surface area contributed by atoms with Gasteiger partial charge in [-0.05, 0) is 52.4 Å². The molecule has 1 heterocycles. The molecule has 4 rings (SSSR count). The summed E-state index contributed by atoms with van der Waals surface area (Å²) < 4.78 is 0.843. The Balaban J connectivity index is 1.93. The van der Waals surface area contributed by atoms with Crippen molar-refractivity contribution in [1.82, 2.24) is 0 Å². The van der Waals surface area contributed by atoms with E-state index < -0.39 is 0 Å².